The fourth-order valence-electron chi connectivity index (χ4n) is 3.83. The molecule has 1 aliphatic heterocycles. The van der Waals surface area contributed by atoms with Crippen LogP contribution >= 0.6 is 0 Å². The molecule has 1 aromatic rings. The Labute approximate surface area is 115 Å². The zero-order valence-electron chi connectivity index (χ0n) is 11.9. The standard InChI is InChI=1S/C17H23NO/c1-13(2)16-5-3-14(4-6-16)7-15-8-17(9-15)10-18(11-17)12-19/h3-6,12-13,15H,7-11H2,1-2H3. The van der Waals surface area contributed by atoms with Crippen molar-refractivity contribution < 1.29 is 4.79 Å². The molecular formula is C17H23NO. The molecule has 1 spiro atoms. The number of hydrogen-bond donors (Lipinski definition) is 0. The lowest BCUT2D eigenvalue weighted by atomic mass is 9.56. The van der Waals surface area contributed by atoms with Crippen molar-refractivity contribution in [2.45, 2.75) is 39.0 Å². The minimum absolute atomic E-state index is 0.503. The van der Waals surface area contributed by atoms with Crippen LogP contribution in [0.25, 0.3) is 0 Å². The zero-order valence-corrected chi connectivity index (χ0v) is 11.9. The van der Waals surface area contributed by atoms with Gasteiger partial charge in [0.15, 0.2) is 0 Å². The van der Waals surface area contributed by atoms with Crippen LogP contribution in [0.1, 0.15) is 43.7 Å². The molecule has 0 bridgehead atoms. The van der Waals surface area contributed by atoms with Gasteiger partial charge >= 0.3 is 0 Å². The number of benzene rings is 1. The average molecular weight is 257 g/mol. The molecule has 1 aromatic carbocycles. The number of carbonyl (C=O) groups is 1. The number of carbonyl (C=O) groups excluding carboxylic acids is 1. The second-order valence-electron chi connectivity index (χ2n) is 6.89. The molecule has 0 atom stereocenters. The molecular weight excluding hydrogens is 234 g/mol. The fraction of sp³-hybridized carbons (Fsp3) is 0.588. The minimum atomic E-state index is 0.503. The lowest BCUT2D eigenvalue weighted by Crippen LogP contribution is -2.61. The SMILES string of the molecule is CC(C)c1ccc(CC2CC3(C2)CN(C=O)C3)cc1. The summed E-state index contributed by atoms with van der Waals surface area (Å²) in [4.78, 5) is 12.5. The second kappa shape index (κ2) is 4.66. The summed E-state index contributed by atoms with van der Waals surface area (Å²) < 4.78 is 0. The van der Waals surface area contributed by atoms with Crippen molar-refractivity contribution in [2.24, 2.45) is 11.3 Å². The van der Waals surface area contributed by atoms with E-state index in [1.54, 1.807) is 0 Å². The molecule has 1 amide bonds. The van der Waals surface area contributed by atoms with E-state index in [4.69, 9.17) is 0 Å². The van der Waals surface area contributed by atoms with Gasteiger partial charge in [-0.2, -0.15) is 0 Å². The molecule has 19 heavy (non-hydrogen) atoms. The van der Waals surface area contributed by atoms with Gasteiger partial charge in [0.05, 0.1) is 0 Å². The molecule has 1 heterocycles. The van der Waals surface area contributed by atoms with Crippen molar-refractivity contribution >= 4 is 6.41 Å². The Balaban J connectivity index is 1.50. The molecule has 2 aliphatic rings. The number of amides is 1. The van der Waals surface area contributed by atoms with Gasteiger partial charge < -0.3 is 4.90 Å². The summed E-state index contributed by atoms with van der Waals surface area (Å²) in [7, 11) is 0. The van der Waals surface area contributed by atoms with Gasteiger partial charge in [-0.25, -0.2) is 0 Å². The fourth-order valence-corrected chi connectivity index (χ4v) is 3.83. The van der Waals surface area contributed by atoms with E-state index < -0.39 is 0 Å². The Kier molecular flexibility index (Phi) is 3.12. The summed E-state index contributed by atoms with van der Waals surface area (Å²) in [5, 5.41) is 0. The third-order valence-electron chi connectivity index (χ3n) is 4.84. The first-order valence-electron chi connectivity index (χ1n) is 7.38. The first-order chi connectivity index (χ1) is 9.10. The summed E-state index contributed by atoms with van der Waals surface area (Å²) >= 11 is 0. The van der Waals surface area contributed by atoms with Crippen LogP contribution in [-0.4, -0.2) is 24.4 Å². The highest BCUT2D eigenvalue weighted by Crippen LogP contribution is 2.52. The lowest BCUT2D eigenvalue weighted by molar-refractivity contribution is -0.141. The predicted octanol–water partition coefficient (Wildman–Crippen LogP) is 3.22. The largest absolute Gasteiger partial charge is 0.344 e. The molecule has 1 aliphatic carbocycles. The van der Waals surface area contributed by atoms with Crippen LogP contribution in [-0.2, 0) is 11.2 Å². The number of rotatable bonds is 4. The minimum Gasteiger partial charge on any atom is -0.344 e. The Hall–Kier alpha value is -1.31. The van der Waals surface area contributed by atoms with Gasteiger partial charge in [-0.3, -0.25) is 4.79 Å². The van der Waals surface area contributed by atoms with Crippen molar-refractivity contribution in [1.82, 2.24) is 4.90 Å². The number of hydrogen-bond acceptors (Lipinski definition) is 1. The molecule has 2 heteroatoms. The van der Waals surface area contributed by atoms with Gasteiger partial charge in [0.1, 0.15) is 0 Å². The van der Waals surface area contributed by atoms with Crippen LogP contribution in [0, 0.1) is 11.3 Å². The van der Waals surface area contributed by atoms with Gasteiger partial charge in [0.2, 0.25) is 6.41 Å². The van der Waals surface area contributed by atoms with E-state index in [9.17, 15) is 4.79 Å². The van der Waals surface area contributed by atoms with Crippen LogP contribution in [0.15, 0.2) is 24.3 Å². The molecule has 1 saturated heterocycles. The monoisotopic (exact) mass is 257 g/mol. The number of nitrogens with zero attached hydrogens (tertiary/aromatic N) is 1. The Bertz CT molecular complexity index is 449. The van der Waals surface area contributed by atoms with E-state index in [1.807, 2.05) is 4.90 Å². The lowest BCUT2D eigenvalue weighted by Gasteiger charge is -2.58. The highest BCUT2D eigenvalue weighted by Gasteiger charge is 2.51. The second-order valence-corrected chi connectivity index (χ2v) is 6.89. The Morgan fingerprint density at radius 3 is 2.42 bits per heavy atom. The highest BCUT2D eigenvalue weighted by atomic mass is 16.1. The van der Waals surface area contributed by atoms with Gasteiger partial charge in [-0.15, -0.1) is 0 Å². The molecule has 2 nitrogen and oxygen atoms in total. The van der Waals surface area contributed by atoms with E-state index in [-0.39, 0.29) is 0 Å². The normalized spacial score (nSPS) is 21.3. The van der Waals surface area contributed by atoms with Gasteiger partial charge in [-0.1, -0.05) is 38.1 Å². The molecule has 0 N–H and O–H groups in total. The van der Waals surface area contributed by atoms with E-state index in [1.165, 1.54) is 30.4 Å². The quantitative estimate of drug-likeness (QED) is 0.758. The van der Waals surface area contributed by atoms with Crippen molar-refractivity contribution in [3.63, 3.8) is 0 Å². The van der Waals surface area contributed by atoms with Crippen LogP contribution in [0.4, 0.5) is 0 Å². The van der Waals surface area contributed by atoms with E-state index in [0.29, 0.717) is 11.3 Å². The van der Waals surface area contributed by atoms with Crippen molar-refractivity contribution in [3.8, 4) is 0 Å². The van der Waals surface area contributed by atoms with E-state index in [0.717, 1.165) is 25.4 Å². The molecule has 0 radical (unpaired) electrons. The topological polar surface area (TPSA) is 20.3 Å². The van der Waals surface area contributed by atoms with Crippen LogP contribution in [0.2, 0.25) is 0 Å². The third kappa shape index (κ3) is 2.41. The summed E-state index contributed by atoms with van der Waals surface area (Å²) in [6, 6.07) is 9.12. The van der Waals surface area contributed by atoms with E-state index >= 15 is 0 Å². The molecule has 0 unspecified atom stereocenters. The third-order valence-corrected chi connectivity index (χ3v) is 4.84. The number of likely N-dealkylation sites (tertiary alicyclic amines) is 1. The zero-order chi connectivity index (χ0) is 13.5. The predicted molar refractivity (Wildman–Crippen MR) is 77.0 cm³/mol. The molecule has 1 saturated carbocycles. The van der Waals surface area contributed by atoms with Crippen LogP contribution in [0.5, 0.6) is 0 Å². The maximum Gasteiger partial charge on any atom is 0.209 e. The molecule has 3 rings (SSSR count). The van der Waals surface area contributed by atoms with Crippen molar-refractivity contribution in [1.29, 1.82) is 0 Å². The van der Waals surface area contributed by atoms with Crippen molar-refractivity contribution in [2.75, 3.05) is 13.1 Å². The van der Waals surface area contributed by atoms with Crippen LogP contribution in [0.3, 0.4) is 0 Å². The smallest absolute Gasteiger partial charge is 0.209 e. The van der Waals surface area contributed by atoms with E-state index in [2.05, 4.69) is 38.1 Å². The maximum absolute atomic E-state index is 10.6. The molecule has 2 fully saturated rings. The van der Waals surface area contributed by atoms with Gasteiger partial charge in [-0.05, 0) is 42.2 Å². The summed E-state index contributed by atoms with van der Waals surface area (Å²) in [5.41, 5.74) is 3.40. The van der Waals surface area contributed by atoms with Crippen LogP contribution < -0.4 is 0 Å². The van der Waals surface area contributed by atoms with Gasteiger partial charge in [0.25, 0.3) is 0 Å². The first kappa shape index (κ1) is 12.7. The summed E-state index contributed by atoms with van der Waals surface area (Å²) in [6.07, 6.45) is 4.82. The Morgan fingerprint density at radius 2 is 1.89 bits per heavy atom. The first-order valence-corrected chi connectivity index (χ1v) is 7.38. The highest BCUT2D eigenvalue weighted by molar-refractivity contribution is 5.49. The summed E-state index contributed by atoms with van der Waals surface area (Å²) in [6.45, 7) is 6.47. The van der Waals surface area contributed by atoms with Crippen molar-refractivity contribution in [3.05, 3.63) is 35.4 Å². The average Bonchev–Trinajstić information content (AvgIpc) is 2.31. The summed E-state index contributed by atoms with van der Waals surface area (Å²) in [5.74, 6) is 1.45. The molecule has 102 valence electrons. The Morgan fingerprint density at radius 1 is 1.26 bits per heavy atom. The molecule has 0 aromatic heterocycles. The van der Waals surface area contributed by atoms with Gasteiger partial charge in [0, 0.05) is 18.5 Å². The maximum atomic E-state index is 10.6.